The average Bonchev–Trinajstić information content (AvgIpc) is 2.98. The van der Waals surface area contributed by atoms with E-state index >= 15 is 0 Å². The van der Waals surface area contributed by atoms with Gasteiger partial charge in [-0.05, 0) is 25.5 Å². The highest BCUT2D eigenvalue weighted by Crippen LogP contribution is 2.13. The Morgan fingerprint density at radius 1 is 0.864 bits per heavy atom. The first-order chi connectivity index (χ1) is 10.9. The molecule has 0 radical (unpaired) electrons. The lowest BCUT2D eigenvalue weighted by molar-refractivity contribution is -0.700. The van der Waals surface area contributed by atoms with Gasteiger partial charge in [-0.3, -0.25) is 0 Å². The van der Waals surface area contributed by atoms with Gasteiger partial charge in [0.25, 0.3) is 5.82 Å². The number of unbranched alkanes of at least 4 members (excludes halogenated alkanes) is 6. The molecule has 0 bridgehead atoms. The van der Waals surface area contributed by atoms with Crippen LogP contribution < -0.4 is 4.57 Å². The summed E-state index contributed by atoms with van der Waals surface area (Å²) in [5, 5.41) is 0. The summed E-state index contributed by atoms with van der Waals surface area (Å²) in [5.41, 5.74) is 1.27. The van der Waals surface area contributed by atoms with Crippen molar-refractivity contribution in [3.63, 3.8) is 0 Å². The Bertz CT molecular complexity index is 528. The van der Waals surface area contributed by atoms with Crippen LogP contribution in [-0.4, -0.2) is 4.57 Å². The van der Waals surface area contributed by atoms with E-state index in [4.69, 9.17) is 0 Å². The fourth-order valence-corrected chi connectivity index (χ4v) is 3.07. The summed E-state index contributed by atoms with van der Waals surface area (Å²) in [4.78, 5) is 0. The van der Waals surface area contributed by atoms with Gasteiger partial charge >= 0.3 is 0 Å². The third-order valence-electron chi connectivity index (χ3n) is 4.38. The molecule has 0 aliphatic rings. The van der Waals surface area contributed by atoms with E-state index in [1.807, 2.05) is 0 Å². The van der Waals surface area contributed by atoms with Gasteiger partial charge in [0.05, 0.1) is 6.54 Å². The summed E-state index contributed by atoms with van der Waals surface area (Å²) in [5.74, 6) is 1.43. The van der Waals surface area contributed by atoms with Crippen molar-refractivity contribution in [2.24, 2.45) is 0 Å². The molecule has 0 spiro atoms. The predicted molar refractivity (Wildman–Crippen MR) is 93.3 cm³/mol. The molecule has 1 aromatic carbocycles. The molecule has 0 unspecified atom stereocenters. The minimum atomic E-state index is 1.05. The van der Waals surface area contributed by atoms with Crippen LogP contribution in [0.1, 0.15) is 64.6 Å². The van der Waals surface area contributed by atoms with Gasteiger partial charge in [0, 0.05) is 6.42 Å². The number of benzene rings is 1. The first kappa shape index (κ1) is 16.8. The topological polar surface area (TPSA) is 8.81 Å². The standard InChI is InChI=1S/C20H31N2/c1-3-5-6-7-8-9-13-16-20-21(4-2)17-18-22(20)19-14-11-10-12-15-19/h10-12,14-15,17-18H,3-9,13,16H2,1-2H3/q+1. The molecule has 120 valence electrons. The van der Waals surface area contributed by atoms with Crippen LogP contribution in [0.15, 0.2) is 42.7 Å². The maximum atomic E-state index is 2.38. The van der Waals surface area contributed by atoms with E-state index in [1.165, 1.54) is 62.9 Å². The Morgan fingerprint density at radius 2 is 1.55 bits per heavy atom. The number of imidazole rings is 1. The van der Waals surface area contributed by atoms with E-state index in [9.17, 15) is 0 Å². The number of nitrogens with zero attached hydrogens (tertiary/aromatic N) is 2. The minimum absolute atomic E-state index is 1.05. The Kier molecular flexibility index (Phi) is 7.21. The van der Waals surface area contributed by atoms with Crippen LogP contribution in [0.4, 0.5) is 0 Å². The molecule has 1 aromatic heterocycles. The molecule has 0 N–H and O–H groups in total. The lowest BCUT2D eigenvalue weighted by atomic mass is 10.1. The van der Waals surface area contributed by atoms with E-state index in [0.29, 0.717) is 0 Å². The van der Waals surface area contributed by atoms with Crippen LogP contribution in [-0.2, 0) is 13.0 Å². The van der Waals surface area contributed by atoms with E-state index < -0.39 is 0 Å². The molecule has 0 aliphatic carbocycles. The highest BCUT2D eigenvalue weighted by Gasteiger charge is 2.16. The van der Waals surface area contributed by atoms with Crippen molar-refractivity contribution >= 4 is 0 Å². The highest BCUT2D eigenvalue weighted by molar-refractivity contribution is 5.31. The zero-order valence-electron chi connectivity index (χ0n) is 14.3. The second-order valence-electron chi connectivity index (χ2n) is 6.08. The zero-order valence-corrected chi connectivity index (χ0v) is 14.3. The summed E-state index contributed by atoms with van der Waals surface area (Å²) < 4.78 is 4.73. The monoisotopic (exact) mass is 299 g/mol. The molecule has 1 heterocycles. The molecule has 0 saturated heterocycles. The van der Waals surface area contributed by atoms with Gasteiger partial charge in [-0.1, -0.05) is 63.6 Å². The lowest BCUT2D eigenvalue weighted by Crippen LogP contribution is -2.35. The minimum Gasteiger partial charge on any atom is -0.234 e. The smallest absolute Gasteiger partial charge is 0.234 e. The van der Waals surface area contributed by atoms with E-state index in [2.05, 4.69) is 65.7 Å². The first-order valence-corrected chi connectivity index (χ1v) is 9.02. The third kappa shape index (κ3) is 4.72. The van der Waals surface area contributed by atoms with Crippen molar-refractivity contribution in [2.45, 2.75) is 71.8 Å². The second-order valence-corrected chi connectivity index (χ2v) is 6.08. The van der Waals surface area contributed by atoms with E-state index in [-0.39, 0.29) is 0 Å². The molecular weight excluding hydrogens is 268 g/mol. The first-order valence-electron chi connectivity index (χ1n) is 9.02. The van der Waals surface area contributed by atoms with Gasteiger partial charge in [-0.15, -0.1) is 0 Å². The van der Waals surface area contributed by atoms with Gasteiger partial charge in [-0.25, -0.2) is 4.57 Å². The molecule has 0 fully saturated rings. The van der Waals surface area contributed by atoms with Crippen molar-refractivity contribution < 1.29 is 4.57 Å². The van der Waals surface area contributed by atoms with Crippen molar-refractivity contribution in [2.75, 3.05) is 0 Å². The van der Waals surface area contributed by atoms with Crippen molar-refractivity contribution in [3.05, 3.63) is 48.5 Å². The molecular formula is C20H31N2+. The fourth-order valence-electron chi connectivity index (χ4n) is 3.07. The maximum Gasteiger partial charge on any atom is 0.261 e. The molecule has 2 nitrogen and oxygen atoms in total. The molecule has 2 aromatic rings. The van der Waals surface area contributed by atoms with Crippen LogP contribution in [0.25, 0.3) is 5.69 Å². The van der Waals surface area contributed by atoms with Crippen LogP contribution in [0, 0.1) is 0 Å². The summed E-state index contributed by atoms with van der Waals surface area (Å²) in [6.07, 6.45) is 15.2. The van der Waals surface area contributed by atoms with Crippen molar-refractivity contribution in [1.82, 2.24) is 4.57 Å². The number of hydrogen-bond donors (Lipinski definition) is 0. The number of aryl methyl sites for hydroxylation is 1. The number of rotatable bonds is 10. The average molecular weight is 299 g/mol. The summed E-state index contributed by atoms with van der Waals surface area (Å²) in [6, 6.07) is 10.7. The Morgan fingerprint density at radius 3 is 2.23 bits per heavy atom. The van der Waals surface area contributed by atoms with Crippen molar-refractivity contribution in [1.29, 1.82) is 0 Å². The maximum absolute atomic E-state index is 2.38. The van der Waals surface area contributed by atoms with Gasteiger partial charge in [0.1, 0.15) is 18.1 Å². The number of aromatic nitrogens is 2. The normalized spacial score (nSPS) is 11.0. The molecule has 0 saturated carbocycles. The van der Waals surface area contributed by atoms with Crippen LogP contribution in [0.2, 0.25) is 0 Å². The largest absolute Gasteiger partial charge is 0.261 e. The third-order valence-corrected chi connectivity index (χ3v) is 4.38. The molecule has 2 rings (SSSR count). The second kappa shape index (κ2) is 9.45. The lowest BCUT2D eigenvalue weighted by Gasteiger charge is -2.04. The SMILES string of the molecule is CCCCCCCCCc1n(-c2ccccc2)cc[n+]1CC. The van der Waals surface area contributed by atoms with E-state index in [0.717, 1.165) is 6.54 Å². The molecule has 2 heteroatoms. The summed E-state index contributed by atoms with van der Waals surface area (Å²) in [6.45, 7) is 5.55. The molecule has 22 heavy (non-hydrogen) atoms. The molecule has 0 atom stereocenters. The van der Waals surface area contributed by atoms with Gasteiger partial charge < -0.3 is 0 Å². The Balaban J connectivity index is 1.91. The number of para-hydroxylation sites is 1. The van der Waals surface area contributed by atoms with Gasteiger partial charge in [0.2, 0.25) is 0 Å². The van der Waals surface area contributed by atoms with Crippen LogP contribution in [0.3, 0.4) is 0 Å². The zero-order chi connectivity index (χ0) is 15.6. The summed E-state index contributed by atoms with van der Waals surface area (Å²) >= 11 is 0. The van der Waals surface area contributed by atoms with E-state index in [1.54, 1.807) is 0 Å². The molecule has 0 aliphatic heterocycles. The van der Waals surface area contributed by atoms with Gasteiger partial charge in [0.15, 0.2) is 0 Å². The number of hydrogen-bond acceptors (Lipinski definition) is 0. The fraction of sp³-hybridized carbons (Fsp3) is 0.550. The van der Waals surface area contributed by atoms with Crippen LogP contribution >= 0.6 is 0 Å². The quantitative estimate of drug-likeness (QED) is 0.427. The Hall–Kier alpha value is -1.57. The van der Waals surface area contributed by atoms with Gasteiger partial charge in [-0.2, -0.15) is 4.57 Å². The predicted octanol–water partition coefficient (Wildman–Crippen LogP) is 5.08. The van der Waals surface area contributed by atoms with Crippen molar-refractivity contribution in [3.8, 4) is 5.69 Å². The Labute approximate surface area is 135 Å². The van der Waals surface area contributed by atoms with Crippen LogP contribution in [0.5, 0.6) is 0 Å². The summed E-state index contributed by atoms with van der Waals surface area (Å²) in [7, 11) is 0. The molecule has 0 amide bonds. The highest BCUT2D eigenvalue weighted by atomic mass is 15.1.